The van der Waals surface area contributed by atoms with E-state index in [2.05, 4.69) is 10.6 Å². The Bertz CT molecular complexity index is 420. The first-order valence-corrected chi connectivity index (χ1v) is 6.35. The molecule has 0 bridgehead atoms. The maximum Gasteiger partial charge on any atom is 0.330 e. The van der Waals surface area contributed by atoms with Gasteiger partial charge in [-0.2, -0.15) is 0 Å². The number of hydrogen-bond acceptors (Lipinski definition) is 3. The summed E-state index contributed by atoms with van der Waals surface area (Å²) in [6.45, 7) is 4.10. The third kappa shape index (κ3) is 5.09. The summed E-state index contributed by atoms with van der Waals surface area (Å²) in [4.78, 5) is 22.9. The van der Waals surface area contributed by atoms with Crippen LogP contribution in [0.2, 0.25) is 0 Å². The van der Waals surface area contributed by atoms with Crippen molar-refractivity contribution in [1.29, 1.82) is 0 Å². The molecule has 1 aromatic carbocycles. The van der Waals surface area contributed by atoms with Gasteiger partial charge >= 0.3 is 5.97 Å². The molecule has 19 heavy (non-hydrogen) atoms. The Morgan fingerprint density at radius 1 is 1.26 bits per heavy atom. The van der Waals surface area contributed by atoms with Crippen molar-refractivity contribution in [3.05, 3.63) is 35.9 Å². The second-order valence-corrected chi connectivity index (χ2v) is 4.44. The lowest BCUT2D eigenvalue weighted by atomic mass is 10.1. The summed E-state index contributed by atoms with van der Waals surface area (Å²) in [5.74, 6) is -1.39. The fourth-order valence-electron chi connectivity index (χ4n) is 1.56. The minimum Gasteiger partial charge on any atom is -0.479 e. The zero-order valence-corrected chi connectivity index (χ0v) is 11.2. The third-order valence-corrected chi connectivity index (χ3v) is 2.91. The second kappa shape index (κ2) is 7.53. The molecule has 2 unspecified atom stereocenters. The van der Waals surface area contributed by atoms with Gasteiger partial charge in [-0.3, -0.25) is 4.79 Å². The van der Waals surface area contributed by atoms with Crippen LogP contribution in [0.1, 0.15) is 31.9 Å². The smallest absolute Gasteiger partial charge is 0.330 e. The van der Waals surface area contributed by atoms with Crippen LogP contribution >= 0.6 is 0 Å². The van der Waals surface area contributed by atoms with E-state index in [0.29, 0.717) is 5.56 Å². The molecule has 0 aliphatic rings. The first kappa shape index (κ1) is 15.2. The topological polar surface area (TPSA) is 78.4 Å². The van der Waals surface area contributed by atoms with Crippen LogP contribution in [0.5, 0.6) is 0 Å². The first-order valence-electron chi connectivity index (χ1n) is 6.35. The van der Waals surface area contributed by atoms with Crippen molar-refractivity contribution in [2.75, 3.05) is 6.54 Å². The number of amides is 1. The number of rotatable bonds is 7. The lowest BCUT2D eigenvalue weighted by Gasteiger charge is -2.16. The first-order chi connectivity index (χ1) is 9.04. The van der Waals surface area contributed by atoms with E-state index in [1.165, 1.54) is 0 Å². The van der Waals surface area contributed by atoms with Gasteiger partial charge in [0, 0.05) is 6.04 Å². The highest BCUT2D eigenvalue weighted by Crippen LogP contribution is 2.12. The molecule has 3 N–H and O–H groups in total. The standard InChI is InChI=1S/C14H20N2O3/c1-3-10(2)15-9-12(17)16-13(14(18)19)11-7-5-4-6-8-11/h4-8,10,13,15H,3,9H2,1-2H3,(H,16,17)(H,18,19). The molecule has 5 heteroatoms. The number of aliphatic carboxylic acids is 1. The molecular formula is C14H20N2O3. The zero-order valence-electron chi connectivity index (χ0n) is 11.2. The number of carboxylic acid groups (broad SMARTS) is 1. The largest absolute Gasteiger partial charge is 0.479 e. The molecule has 1 aromatic rings. The average molecular weight is 264 g/mol. The summed E-state index contributed by atoms with van der Waals surface area (Å²) >= 11 is 0. The Kier molecular flexibility index (Phi) is 6.02. The Labute approximate surface area is 113 Å². The second-order valence-electron chi connectivity index (χ2n) is 4.44. The number of benzene rings is 1. The number of carbonyl (C=O) groups excluding carboxylic acids is 1. The van der Waals surface area contributed by atoms with Crippen LogP contribution in [-0.4, -0.2) is 29.6 Å². The monoisotopic (exact) mass is 264 g/mol. The molecule has 0 aliphatic carbocycles. The predicted molar refractivity (Wildman–Crippen MR) is 72.7 cm³/mol. The van der Waals surface area contributed by atoms with Crippen LogP contribution in [0.25, 0.3) is 0 Å². The maximum atomic E-state index is 11.7. The van der Waals surface area contributed by atoms with E-state index in [1.807, 2.05) is 13.8 Å². The lowest BCUT2D eigenvalue weighted by Crippen LogP contribution is -2.41. The number of carbonyl (C=O) groups is 2. The van der Waals surface area contributed by atoms with Crippen LogP contribution in [0.4, 0.5) is 0 Å². The van der Waals surface area contributed by atoms with E-state index in [1.54, 1.807) is 30.3 Å². The SMILES string of the molecule is CCC(C)NCC(=O)NC(C(=O)O)c1ccccc1. The van der Waals surface area contributed by atoms with Gasteiger partial charge in [-0.1, -0.05) is 37.3 Å². The van der Waals surface area contributed by atoms with Crippen LogP contribution < -0.4 is 10.6 Å². The summed E-state index contributed by atoms with van der Waals surface area (Å²) in [6.07, 6.45) is 0.911. The summed E-state index contributed by atoms with van der Waals surface area (Å²) in [5.41, 5.74) is 0.562. The summed E-state index contributed by atoms with van der Waals surface area (Å²) in [5, 5.41) is 14.7. The van der Waals surface area contributed by atoms with Crippen molar-refractivity contribution < 1.29 is 14.7 Å². The van der Waals surface area contributed by atoms with Crippen LogP contribution in [-0.2, 0) is 9.59 Å². The minimum absolute atomic E-state index is 0.117. The molecule has 0 saturated heterocycles. The highest BCUT2D eigenvalue weighted by molar-refractivity contribution is 5.85. The van der Waals surface area contributed by atoms with Crippen molar-refractivity contribution in [2.45, 2.75) is 32.4 Å². The van der Waals surface area contributed by atoms with E-state index < -0.39 is 12.0 Å². The highest BCUT2D eigenvalue weighted by Gasteiger charge is 2.21. The Morgan fingerprint density at radius 2 is 1.89 bits per heavy atom. The third-order valence-electron chi connectivity index (χ3n) is 2.91. The van der Waals surface area contributed by atoms with Crippen molar-refractivity contribution in [3.8, 4) is 0 Å². The average Bonchev–Trinajstić information content (AvgIpc) is 2.42. The normalized spacial score (nSPS) is 13.6. The molecule has 0 aliphatic heterocycles. The Hall–Kier alpha value is -1.88. The molecular weight excluding hydrogens is 244 g/mol. The van der Waals surface area contributed by atoms with E-state index in [9.17, 15) is 9.59 Å². The highest BCUT2D eigenvalue weighted by atomic mass is 16.4. The van der Waals surface area contributed by atoms with Crippen molar-refractivity contribution >= 4 is 11.9 Å². The molecule has 0 aromatic heterocycles. The Balaban J connectivity index is 2.60. The van der Waals surface area contributed by atoms with Gasteiger partial charge in [0.1, 0.15) is 0 Å². The molecule has 0 saturated carbocycles. The van der Waals surface area contributed by atoms with Crippen molar-refractivity contribution in [1.82, 2.24) is 10.6 Å². The Morgan fingerprint density at radius 3 is 2.42 bits per heavy atom. The predicted octanol–water partition coefficient (Wildman–Crippen LogP) is 1.32. The van der Waals surface area contributed by atoms with Gasteiger partial charge in [0.05, 0.1) is 6.54 Å². The number of hydrogen-bond donors (Lipinski definition) is 3. The van der Waals surface area contributed by atoms with Gasteiger partial charge in [-0.25, -0.2) is 4.79 Å². The summed E-state index contributed by atoms with van der Waals surface area (Å²) in [6, 6.07) is 7.87. The van der Waals surface area contributed by atoms with E-state index in [-0.39, 0.29) is 18.5 Å². The van der Waals surface area contributed by atoms with E-state index in [4.69, 9.17) is 5.11 Å². The zero-order chi connectivity index (χ0) is 14.3. The fraction of sp³-hybridized carbons (Fsp3) is 0.429. The molecule has 0 fully saturated rings. The fourth-order valence-corrected chi connectivity index (χ4v) is 1.56. The molecule has 104 valence electrons. The lowest BCUT2D eigenvalue weighted by molar-refractivity contribution is -0.141. The maximum absolute atomic E-state index is 11.7. The van der Waals surface area contributed by atoms with E-state index in [0.717, 1.165) is 6.42 Å². The van der Waals surface area contributed by atoms with Gasteiger partial charge in [0.2, 0.25) is 5.91 Å². The van der Waals surface area contributed by atoms with E-state index >= 15 is 0 Å². The number of nitrogens with one attached hydrogen (secondary N) is 2. The van der Waals surface area contributed by atoms with Gasteiger partial charge in [-0.05, 0) is 18.9 Å². The summed E-state index contributed by atoms with van der Waals surface area (Å²) in [7, 11) is 0. The number of carboxylic acids is 1. The summed E-state index contributed by atoms with van der Waals surface area (Å²) < 4.78 is 0. The molecule has 2 atom stereocenters. The van der Waals surface area contributed by atoms with Crippen LogP contribution in [0, 0.1) is 0 Å². The quantitative estimate of drug-likeness (QED) is 0.694. The molecule has 0 heterocycles. The molecule has 0 radical (unpaired) electrons. The van der Waals surface area contributed by atoms with Gasteiger partial charge in [-0.15, -0.1) is 0 Å². The molecule has 5 nitrogen and oxygen atoms in total. The van der Waals surface area contributed by atoms with Crippen LogP contribution in [0.3, 0.4) is 0 Å². The van der Waals surface area contributed by atoms with Gasteiger partial charge in [0.25, 0.3) is 0 Å². The van der Waals surface area contributed by atoms with Gasteiger partial charge < -0.3 is 15.7 Å². The van der Waals surface area contributed by atoms with Crippen molar-refractivity contribution in [3.63, 3.8) is 0 Å². The van der Waals surface area contributed by atoms with Gasteiger partial charge in [0.15, 0.2) is 6.04 Å². The van der Waals surface area contributed by atoms with Crippen LogP contribution in [0.15, 0.2) is 30.3 Å². The molecule has 1 amide bonds. The molecule has 1 rings (SSSR count). The van der Waals surface area contributed by atoms with Crippen molar-refractivity contribution in [2.24, 2.45) is 0 Å². The minimum atomic E-state index is -1.07. The molecule has 0 spiro atoms.